The zero-order valence-electron chi connectivity index (χ0n) is 21.6. The van der Waals surface area contributed by atoms with Crippen molar-refractivity contribution >= 4 is 49.0 Å². The van der Waals surface area contributed by atoms with Crippen molar-refractivity contribution in [2.24, 2.45) is 0 Å². The van der Waals surface area contributed by atoms with Gasteiger partial charge in [-0.1, -0.05) is 51.1 Å². The average molecular weight is 614 g/mol. The van der Waals surface area contributed by atoms with Crippen molar-refractivity contribution in [1.82, 2.24) is 24.6 Å². The van der Waals surface area contributed by atoms with Gasteiger partial charge in [0.25, 0.3) is 0 Å². The zero-order valence-corrected chi connectivity index (χ0v) is 25.1. The number of imidazole rings is 1. The summed E-state index contributed by atoms with van der Waals surface area (Å²) in [5.41, 5.74) is 7.89. The molecule has 4 N–H and O–H groups in total. The van der Waals surface area contributed by atoms with Crippen molar-refractivity contribution in [2.45, 2.75) is 70.3 Å². The second kappa shape index (κ2) is 10.8. The van der Waals surface area contributed by atoms with Crippen LogP contribution in [0.5, 0.6) is 0 Å². The number of nitrogens with zero attached hydrogens (tertiary/aromatic N) is 4. The Morgan fingerprint density at radius 3 is 2.70 bits per heavy atom. The lowest BCUT2D eigenvalue weighted by molar-refractivity contribution is -0.0926. The topological polar surface area (TPSA) is 147 Å². The third-order valence-electron chi connectivity index (χ3n) is 6.87. The second-order valence-electron chi connectivity index (χ2n) is 10.6. The summed E-state index contributed by atoms with van der Waals surface area (Å²) in [7, 11) is -6.12. The highest BCUT2D eigenvalue weighted by atomic mass is 79.9. The van der Waals surface area contributed by atoms with Gasteiger partial charge in [0.2, 0.25) is 0 Å². The number of halogens is 1. The van der Waals surface area contributed by atoms with Crippen molar-refractivity contribution in [1.29, 1.82) is 0 Å². The van der Waals surface area contributed by atoms with Gasteiger partial charge in [-0.15, -0.1) is 0 Å². The summed E-state index contributed by atoms with van der Waals surface area (Å²) in [4.78, 5) is 12.8. The van der Waals surface area contributed by atoms with Crippen LogP contribution < -0.4 is 10.8 Å². The second-order valence-corrected chi connectivity index (χ2v) is 17.8. The molecule has 1 aromatic carbocycles. The van der Waals surface area contributed by atoms with Crippen LogP contribution >= 0.6 is 23.7 Å². The molecule has 0 bridgehead atoms. The molecule has 3 heterocycles. The fraction of sp³-hybridized carbons (Fsp3) is 0.522. The highest BCUT2D eigenvalue weighted by Crippen LogP contribution is 2.50. The number of hydrogen-bond donors (Lipinski definition) is 3. The Labute approximate surface area is 226 Å². The molecule has 1 saturated heterocycles. The lowest BCUT2D eigenvalue weighted by atomic mass is 10.1. The van der Waals surface area contributed by atoms with Gasteiger partial charge in [-0.2, -0.15) is 0 Å². The molecule has 202 valence electrons. The molecule has 1 aliphatic heterocycles. The van der Waals surface area contributed by atoms with E-state index in [1.165, 1.54) is 6.33 Å². The van der Waals surface area contributed by atoms with Crippen LogP contribution in [0, 0.1) is 0 Å². The van der Waals surface area contributed by atoms with E-state index in [-0.39, 0.29) is 30.6 Å². The number of nitrogen functional groups attached to an aromatic ring is 1. The molecule has 11 nitrogen and oxygen atoms in total. The van der Waals surface area contributed by atoms with Crippen molar-refractivity contribution < 1.29 is 23.1 Å². The Hall–Kier alpha value is -1.70. The summed E-state index contributed by atoms with van der Waals surface area (Å²) < 4.78 is 34.1. The van der Waals surface area contributed by atoms with Crippen LogP contribution in [0.3, 0.4) is 0 Å². The number of aromatic nitrogens is 4. The minimum Gasteiger partial charge on any atom is -0.409 e. The molecule has 37 heavy (non-hydrogen) atoms. The van der Waals surface area contributed by atoms with Crippen molar-refractivity contribution in [3.8, 4) is 0 Å². The summed E-state index contributed by atoms with van der Waals surface area (Å²) in [5.74, 6) is 0.253. The van der Waals surface area contributed by atoms with Gasteiger partial charge >= 0.3 is 7.75 Å². The summed E-state index contributed by atoms with van der Waals surface area (Å²) >= 11 is 3.49. The maximum atomic E-state index is 13.6. The molecule has 0 aliphatic carbocycles. The van der Waals surface area contributed by atoms with Gasteiger partial charge in [0.05, 0.1) is 19.3 Å². The Bertz CT molecular complexity index is 1290. The third kappa shape index (κ3) is 6.31. The first kappa shape index (κ1) is 28.3. The highest BCUT2D eigenvalue weighted by molar-refractivity contribution is 9.10. The van der Waals surface area contributed by atoms with Crippen LogP contribution in [0.4, 0.5) is 5.82 Å². The van der Waals surface area contributed by atoms with Gasteiger partial charge in [-0.3, -0.25) is 9.05 Å². The van der Waals surface area contributed by atoms with Gasteiger partial charge in [0, 0.05) is 6.54 Å². The molecule has 1 fully saturated rings. The lowest BCUT2D eigenvalue weighted by Crippen LogP contribution is -2.54. The van der Waals surface area contributed by atoms with Crippen molar-refractivity contribution in [3.63, 3.8) is 0 Å². The van der Waals surface area contributed by atoms with Gasteiger partial charge in [-0.25, -0.2) is 24.6 Å². The number of nitrogens with two attached hydrogens (primary N) is 1. The number of nitrogens with one attached hydrogen (secondary N) is 1. The lowest BCUT2D eigenvalue weighted by Gasteiger charge is -2.44. The molecule has 0 amide bonds. The number of aliphatic hydroxyl groups excluding tert-OH is 1. The van der Waals surface area contributed by atoms with E-state index in [0.29, 0.717) is 15.9 Å². The SMILES string of the molecule is CC(C)(C)[Si](C)(C)O[C@H](Cn1c(Br)nc2c(N)ncnc21)[C@@H]1OP(=O)(NCc2ccccc2)OCC1O. The highest BCUT2D eigenvalue weighted by Gasteiger charge is 2.47. The number of anilines is 1. The molecule has 1 aliphatic rings. The molecule has 3 aromatic rings. The molecule has 0 saturated carbocycles. The Balaban J connectivity index is 1.66. The molecule has 0 radical (unpaired) electrons. The van der Waals surface area contributed by atoms with E-state index in [1.54, 1.807) is 4.57 Å². The van der Waals surface area contributed by atoms with Crippen molar-refractivity contribution in [3.05, 3.63) is 47.0 Å². The van der Waals surface area contributed by atoms with Crippen LogP contribution in [0.25, 0.3) is 11.2 Å². The Morgan fingerprint density at radius 2 is 2.03 bits per heavy atom. The van der Waals surface area contributed by atoms with E-state index in [1.807, 2.05) is 30.3 Å². The Morgan fingerprint density at radius 1 is 1.32 bits per heavy atom. The largest absolute Gasteiger partial charge is 0.409 e. The number of fused-ring (bicyclic) bond motifs is 1. The number of rotatable bonds is 8. The predicted molar refractivity (Wildman–Crippen MR) is 147 cm³/mol. The molecule has 2 unspecified atom stereocenters. The smallest absolute Gasteiger partial charge is 0.406 e. The maximum Gasteiger partial charge on any atom is 0.406 e. The third-order valence-corrected chi connectivity index (χ3v) is 13.5. The molecular formula is C23H34BrN6O5PSi. The van der Waals surface area contributed by atoms with Crippen LogP contribution in [0.1, 0.15) is 26.3 Å². The normalized spacial score (nSPS) is 23.9. The van der Waals surface area contributed by atoms with E-state index >= 15 is 0 Å². The van der Waals surface area contributed by atoms with Crippen LogP contribution in [-0.2, 0) is 31.1 Å². The average Bonchev–Trinajstić information content (AvgIpc) is 3.15. The summed E-state index contributed by atoms with van der Waals surface area (Å²) in [5, 5.41) is 13.7. The first-order chi connectivity index (χ1) is 17.3. The quantitative estimate of drug-likeness (QED) is 0.192. The number of aliphatic hydroxyl groups is 1. The molecule has 2 aromatic heterocycles. The zero-order chi connectivity index (χ0) is 27.0. The number of benzene rings is 1. The van der Waals surface area contributed by atoms with E-state index < -0.39 is 34.4 Å². The van der Waals surface area contributed by atoms with Crippen LogP contribution in [0.2, 0.25) is 18.1 Å². The molecular weight excluding hydrogens is 579 g/mol. The molecule has 14 heteroatoms. The van der Waals surface area contributed by atoms with Gasteiger partial charge < -0.3 is 19.8 Å². The van der Waals surface area contributed by atoms with Crippen molar-refractivity contribution in [2.75, 3.05) is 12.3 Å². The minimum absolute atomic E-state index is 0.128. The minimum atomic E-state index is -3.75. The fourth-order valence-electron chi connectivity index (χ4n) is 3.75. The first-order valence-corrected chi connectivity index (χ1v) is 17.2. The predicted octanol–water partition coefficient (Wildman–Crippen LogP) is 4.24. The molecule has 4 rings (SSSR count). The summed E-state index contributed by atoms with van der Waals surface area (Å²) in [6.07, 6.45) is -1.34. The maximum absolute atomic E-state index is 13.6. The van der Waals surface area contributed by atoms with Crippen LogP contribution in [-0.4, -0.2) is 57.9 Å². The van der Waals surface area contributed by atoms with Gasteiger partial charge in [0.15, 0.2) is 30.0 Å². The standard InChI is InChI=1S/C23H34BrN6O5PSi/c1-23(2,3)37(4,5)35-17(12-30-21-18(29-22(30)24)20(25)26-14-27-21)19-16(31)13-33-36(32,34-19)28-11-15-9-7-6-8-10-15/h6-10,14,16-17,19,31H,11-13H2,1-5H3,(H,28,32)(H2,25,26,27)/t16?,17-,19-,36?/m1/s1. The van der Waals surface area contributed by atoms with E-state index in [0.717, 1.165) is 5.56 Å². The summed E-state index contributed by atoms with van der Waals surface area (Å²) in [6.45, 7) is 10.9. The Kier molecular flexibility index (Phi) is 8.27. The van der Waals surface area contributed by atoms with E-state index in [2.05, 4.69) is 69.8 Å². The molecule has 4 atom stereocenters. The van der Waals surface area contributed by atoms with E-state index in [4.69, 9.17) is 19.2 Å². The van der Waals surface area contributed by atoms with Crippen LogP contribution in [0.15, 0.2) is 41.4 Å². The fourth-order valence-corrected chi connectivity index (χ4v) is 7.10. The van der Waals surface area contributed by atoms with Gasteiger partial charge in [-0.05, 0) is 39.6 Å². The summed E-state index contributed by atoms with van der Waals surface area (Å²) in [6, 6.07) is 9.52. The monoisotopic (exact) mass is 612 g/mol. The first-order valence-electron chi connectivity index (χ1n) is 12.0. The van der Waals surface area contributed by atoms with E-state index in [9.17, 15) is 9.67 Å². The molecule has 0 spiro atoms. The number of hydrogen-bond acceptors (Lipinski definition) is 9. The van der Waals surface area contributed by atoms with Gasteiger partial charge in [0.1, 0.15) is 18.5 Å².